The van der Waals surface area contributed by atoms with E-state index in [0.29, 0.717) is 11.1 Å². The molecule has 122 valence electrons. The summed E-state index contributed by atoms with van der Waals surface area (Å²) in [4.78, 5) is 15.2. The first kappa shape index (κ1) is 17.7. The molecular formula is C19H23NO2S. The highest BCUT2D eigenvalue weighted by Crippen LogP contribution is 2.12. The molecule has 0 bridgehead atoms. The van der Waals surface area contributed by atoms with Crippen molar-refractivity contribution in [3.63, 3.8) is 0 Å². The maximum atomic E-state index is 11.9. The van der Waals surface area contributed by atoms with Gasteiger partial charge in [0.15, 0.2) is 5.78 Å². The Hall–Kier alpha value is -1.62. The minimum atomic E-state index is 0.0453. The smallest absolute Gasteiger partial charge is 0.193 e. The third-order valence-corrected chi connectivity index (χ3v) is 4.01. The van der Waals surface area contributed by atoms with Crippen molar-refractivity contribution in [2.24, 2.45) is 0 Å². The first-order chi connectivity index (χ1) is 11.2. The van der Waals surface area contributed by atoms with Gasteiger partial charge in [-0.05, 0) is 30.8 Å². The first-order valence-corrected chi connectivity index (χ1v) is 8.34. The van der Waals surface area contributed by atoms with Gasteiger partial charge >= 0.3 is 0 Å². The maximum absolute atomic E-state index is 11.9. The Morgan fingerprint density at radius 1 is 1.00 bits per heavy atom. The molecule has 0 aromatic heterocycles. The summed E-state index contributed by atoms with van der Waals surface area (Å²) < 4.78 is 5.16. The molecule has 0 atom stereocenters. The van der Waals surface area contributed by atoms with E-state index in [-0.39, 0.29) is 5.78 Å². The van der Waals surface area contributed by atoms with E-state index in [1.165, 1.54) is 6.54 Å². The van der Waals surface area contributed by atoms with Gasteiger partial charge in [0.2, 0.25) is 0 Å². The fourth-order valence-electron chi connectivity index (χ4n) is 2.29. The van der Waals surface area contributed by atoms with Gasteiger partial charge < -0.3 is 4.74 Å². The summed E-state index contributed by atoms with van der Waals surface area (Å²) in [7, 11) is 0. The number of rotatable bonds is 3. The van der Waals surface area contributed by atoms with E-state index >= 15 is 0 Å². The quantitative estimate of drug-likeness (QED) is 0.690. The minimum Gasteiger partial charge on any atom is -0.379 e. The predicted molar refractivity (Wildman–Crippen MR) is 96.5 cm³/mol. The number of hydrogen-bond acceptors (Lipinski definition) is 4. The van der Waals surface area contributed by atoms with E-state index in [0.717, 1.165) is 31.2 Å². The van der Waals surface area contributed by atoms with Crippen molar-refractivity contribution >= 4 is 18.4 Å². The predicted octanol–water partition coefficient (Wildman–Crippen LogP) is 3.54. The van der Waals surface area contributed by atoms with Crippen molar-refractivity contribution in [3.05, 3.63) is 65.7 Å². The summed E-state index contributed by atoms with van der Waals surface area (Å²) in [5, 5.41) is 0. The lowest BCUT2D eigenvalue weighted by Gasteiger charge is -2.24. The molecule has 1 saturated heterocycles. The Labute approximate surface area is 143 Å². The largest absolute Gasteiger partial charge is 0.379 e. The highest BCUT2D eigenvalue weighted by atomic mass is 32.1. The topological polar surface area (TPSA) is 29.5 Å². The van der Waals surface area contributed by atoms with Crippen LogP contribution >= 0.6 is 12.6 Å². The lowest BCUT2D eigenvalue weighted by atomic mass is 10.0. The van der Waals surface area contributed by atoms with Crippen LogP contribution in [0.2, 0.25) is 0 Å². The van der Waals surface area contributed by atoms with Crippen LogP contribution in [0.4, 0.5) is 0 Å². The number of likely N-dealkylation sites (N-methyl/N-ethyl adjacent to an activating group) is 1. The van der Waals surface area contributed by atoms with E-state index in [1.54, 1.807) is 12.1 Å². The van der Waals surface area contributed by atoms with Gasteiger partial charge in [-0.1, -0.05) is 37.3 Å². The summed E-state index contributed by atoms with van der Waals surface area (Å²) in [5.74, 6) is 0.0453. The van der Waals surface area contributed by atoms with Gasteiger partial charge in [0.1, 0.15) is 0 Å². The minimum absolute atomic E-state index is 0.0453. The Bertz CT molecular complexity index is 593. The molecule has 0 saturated carbocycles. The van der Waals surface area contributed by atoms with Crippen LogP contribution in [0, 0.1) is 0 Å². The Morgan fingerprint density at radius 2 is 1.57 bits per heavy atom. The molecule has 1 heterocycles. The van der Waals surface area contributed by atoms with Gasteiger partial charge in [-0.2, -0.15) is 0 Å². The van der Waals surface area contributed by atoms with Crippen molar-refractivity contribution in [1.29, 1.82) is 0 Å². The second-order valence-corrected chi connectivity index (χ2v) is 5.81. The van der Waals surface area contributed by atoms with Crippen molar-refractivity contribution in [2.45, 2.75) is 11.8 Å². The zero-order valence-corrected chi connectivity index (χ0v) is 14.3. The lowest BCUT2D eigenvalue weighted by Crippen LogP contribution is -2.35. The molecule has 0 N–H and O–H groups in total. The molecule has 4 heteroatoms. The van der Waals surface area contributed by atoms with Crippen molar-refractivity contribution in [2.75, 3.05) is 32.8 Å². The Kier molecular flexibility index (Phi) is 7.33. The average molecular weight is 329 g/mol. The van der Waals surface area contributed by atoms with Crippen molar-refractivity contribution < 1.29 is 9.53 Å². The second kappa shape index (κ2) is 9.50. The molecular weight excluding hydrogens is 306 g/mol. The monoisotopic (exact) mass is 329 g/mol. The highest BCUT2D eigenvalue weighted by molar-refractivity contribution is 7.80. The van der Waals surface area contributed by atoms with Gasteiger partial charge in [0, 0.05) is 29.1 Å². The number of hydrogen-bond donors (Lipinski definition) is 1. The number of benzene rings is 2. The SMILES string of the molecule is CCN1CCOCC1.O=C(c1ccccc1)c1ccc(S)cc1. The normalized spacial score (nSPS) is 14.7. The molecule has 3 rings (SSSR count). The molecule has 0 aliphatic carbocycles. The molecule has 2 aromatic rings. The van der Waals surface area contributed by atoms with Crippen LogP contribution in [0.1, 0.15) is 22.8 Å². The van der Waals surface area contributed by atoms with Crippen LogP contribution in [0.25, 0.3) is 0 Å². The van der Waals surface area contributed by atoms with Crippen LogP contribution in [0.5, 0.6) is 0 Å². The molecule has 2 aromatic carbocycles. The van der Waals surface area contributed by atoms with Gasteiger partial charge in [0.25, 0.3) is 0 Å². The number of nitrogens with zero attached hydrogens (tertiary/aromatic N) is 1. The molecule has 1 fully saturated rings. The van der Waals surface area contributed by atoms with E-state index in [2.05, 4.69) is 24.5 Å². The Morgan fingerprint density at radius 3 is 2.09 bits per heavy atom. The number of morpholine rings is 1. The number of carbonyl (C=O) groups excluding carboxylic acids is 1. The van der Waals surface area contributed by atoms with Crippen LogP contribution in [0.3, 0.4) is 0 Å². The third-order valence-electron chi connectivity index (χ3n) is 3.72. The molecule has 0 unspecified atom stereocenters. The third kappa shape index (κ3) is 5.82. The summed E-state index contributed by atoms with van der Waals surface area (Å²) in [5.41, 5.74) is 1.41. The van der Waals surface area contributed by atoms with Crippen LogP contribution in [0.15, 0.2) is 59.5 Å². The molecule has 23 heavy (non-hydrogen) atoms. The number of ether oxygens (including phenoxy) is 1. The first-order valence-electron chi connectivity index (χ1n) is 7.89. The van der Waals surface area contributed by atoms with Crippen molar-refractivity contribution in [1.82, 2.24) is 4.90 Å². The number of ketones is 1. The summed E-state index contributed by atoms with van der Waals surface area (Å²) in [6.07, 6.45) is 0. The lowest BCUT2D eigenvalue weighted by molar-refractivity contribution is 0.0405. The highest BCUT2D eigenvalue weighted by Gasteiger charge is 2.07. The van der Waals surface area contributed by atoms with Gasteiger partial charge in [0.05, 0.1) is 13.2 Å². The molecule has 0 spiro atoms. The van der Waals surface area contributed by atoms with Crippen molar-refractivity contribution in [3.8, 4) is 0 Å². The number of thiol groups is 1. The standard InChI is InChI=1S/C13H10OS.C6H13NO/c14-13(10-4-2-1-3-5-10)11-6-8-12(15)9-7-11;1-2-7-3-5-8-6-4-7/h1-9,15H;2-6H2,1H3. The molecule has 1 aliphatic heterocycles. The zero-order chi connectivity index (χ0) is 16.5. The second-order valence-electron chi connectivity index (χ2n) is 5.29. The fourth-order valence-corrected chi connectivity index (χ4v) is 2.44. The molecule has 0 radical (unpaired) electrons. The van der Waals surface area contributed by atoms with Gasteiger partial charge in [-0.25, -0.2) is 0 Å². The van der Waals surface area contributed by atoms with Crippen LogP contribution in [-0.4, -0.2) is 43.5 Å². The van der Waals surface area contributed by atoms with E-state index in [1.807, 2.05) is 42.5 Å². The maximum Gasteiger partial charge on any atom is 0.193 e. The van der Waals surface area contributed by atoms with E-state index in [9.17, 15) is 4.79 Å². The zero-order valence-electron chi connectivity index (χ0n) is 13.4. The van der Waals surface area contributed by atoms with Gasteiger partial charge in [-0.15, -0.1) is 12.6 Å². The summed E-state index contributed by atoms with van der Waals surface area (Å²) >= 11 is 4.18. The van der Waals surface area contributed by atoms with E-state index in [4.69, 9.17) is 4.74 Å². The van der Waals surface area contributed by atoms with Crippen LogP contribution < -0.4 is 0 Å². The fraction of sp³-hybridized carbons (Fsp3) is 0.316. The Balaban J connectivity index is 0.000000203. The average Bonchev–Trinajstić information content (AvgIpc) is 2.64. The summed E-state index contributed by atoms with van der Waals surface area (Å²) in [6, 6.07) is 16.5. The molecule has 3 nitrogen and oxygen atoms in total. The van der Waals surface area contributed by atoms with E-state index < -0.39 is 0 Å². The molecule has 1 aliphatic rings. The van der Waals surface area contributed by atoms with Gasteiger partial charge in [-0.3, -0.25) is 9.69 Å². The summed E-state index contributed by atoms with van der Waals surface area (Å²) in [6.45, 7) is 7.45. The molecule has 0 amide bonds. The van der Waals surface area contributed by atoms with Crippen LogP contribution in [-0.2, 0) is 4.74 Å². The number of carbonyl (C=O) groups is 1.